The van der Waals surface area contributed by atoms with Crippen molar-refractivity contribution in [3.05, 3.63) is 40.6 Å². The highest BCUT2D eigenvalue weighted by Gasteiger charge is 2.72. The number of hydrogen-bond donors (Lipinski definition) is 1. The maximum atomic E-state index is 12.7. The van der Waals surface area contributed by atoms with Crippen LogP contribution in [0.25, 0.3) is 0 Å². The van der Waals surface area contributed by atoms with Gasteiger partial charge in [-0.15, -0.1) is 10.2 Å². The number of ether oxygens (including phenoxy) is 1. The Morgan fingerprint density at radius 3 is 2.79 bits per heavy atom. The number of hydrogen-bond acceptors (Lipinski definition) is 5. The molecule has 1 aromatic carbocycles. The van der Waals surface area contributed by atoms with E-state index in [4.69, 9.17) is 20.8 Å². The lowest BCUT2D eigenvalue weighted by Gasteiger charge is -2.68. The number of carbonyl (C=O) groups is 1. The predicted octanol–water partition coefficient (Wildman–Crippen LogP) is 3.53. The Labute approximate surface area is 168 Å². The molecule has 0 spiro atoms. The Balaban J connectivity index is 1.07. The molecule has 4 saturated carbocycles. The van der Waals surface area contributed by atoms with Crippen molar-refractivity contribution in [2.24, 2.45) is 5.92 Å². The predicted molar refractivity (Wildman–Crippen MR) is 101 cm³/mol. The van der Waals surface area contributed by atoms with Gasteiger partial charge in [0.25, 0.3) is 5.91 Å². The molecule has 1 amide bonds. The van der Waals surface area contributed by atoms with Gasteiger partial charge in [-0.25, -0.2) is 0 Å². The molecule has 28 heavy (non-hydrogen) atoms. The first-order valence-corrected chi connectivity index (χ1v) is 10.4. The van der Waals surface area contributed by atoms with E-state index in [1.54, 1.807) is 6.07 Å². The van der Waals surface area contributed by atoms with E-state index in [0.717, 1.165) is 61.1 Å². The van der Waals surface area contributed by atoms with E-state index in [0.29, 0.717) is 17.4 Å². The van der Waals surface area contributed by atoms with Crippen molar-refractivity contribution in [2.45, 2.75) is 68.4 Å². The molecule has 1 aliphatic heterocycles. The first kappa shape index (κ1) is 16.8. The number of rotatable bonds is 4. The van der Waals surface area contributed by atoms with Crippen LogP contribution < -0.4 is 10.1 Å². The molecule has 6 nitrogen and oxygen atoms in total. The maximum Gasteiger partial charge on any atom is 0.261 e. The number of carbonyl (C=O) groups excluding carboxylic acids is 1. The topological polar surface area (TPSA) is 77.2 Å². The molecular formula is C21H22ClN3O3. The van der Waals surface area contributed by atoms with Crippen LogP contribution in [0.4, 0.5) is 0 Å². The number of aromatic nitrogens is 2. The second-order valence-corrected chi connectivity index (χ2v) is 9.80. The van der Waals surface area contributed by atoms with Gasteiger partial charge in [0, 0.05) is 22.9 Å². The van der Waals surface area contributed by atoms with Gasteiger partial charge in [-0.2, -0.15) is 0 Å². The van der Waals surface area contributed by atoms with E-state index in [1.807, 2.05) is 12.1 Å². The number of fused-ring (bicyclic) bond motifs is 1. The van der Waals surface area contributed by atoms with E-state index < -0.39 is 6.10 Å². The number of amides is 1. The van der Waals surface area contributed by atoms with Crippen LogP contribution in [0, 0.1) is 5.92 Å². The van der Waals surface area contributed by atoms with E-state index in [1.165, 1.54) is 0 Å². The van der Waals surface area contributed by atoms with Crippen molar-refractivity contribution >= 4 is 17.5 Å². The van der Waals surface area contributed by atoms with Crippen molar-refractivity contribution in [3.8, 4) is 5.75 Å². The molecule has 2 heterocycles. The van der Waals surface area contributed by atoms with Crippen LogP contribution in [0.5, 0.6) is 5.75 Å². The summed E-state index contributed by atoms with van der Waals surface area (Å²) >= 11 is 6.03. The van der Waals surface area contributed by atoms with Gasteiger partial charge >= 0.3 is 0 Å². The summed E-state index contributed by atoms with van der Waals surface area (Å²) in [7, 11) is 0. The molecule has 7 rings (SSSR count). The molecule has 0 saturated heterocycles. The summed E-state index contributed by atoms with van der Waals surface area (Å²) in [5.74, 6) is 3.46. The summed E-state index contributed by atoms with van der Waals surface area (Å²) in [5.41, 5.74) is 0.832. The second-order valence-electron chi connectivity index (χ2n) is 9.36. The first-order chi connectivity index (χ1) is 13.4. The molecule has 2 aromatic rings. The Morgan fingerprint density at radius 2 is 2.04 bits per heavy atom. The zero-order valence-electron chi connectivity index (χ0n) is 15.7. The molecule has 1 atom stereocenters. The van der Waals surface area contributed by atoms with E-state index >= 15 is 0 Å². The van der Waals surface area contributed by atoms with Crippen molar-refractivity contribution in [2.75, 3.05) is 0 Å². The highest BCUT2D eigenvalue weighted by molar-refractivity contribution is 6.30. The van der Waals surface area contributed by atoms with Gasteiger partial charge in [0.2, 0.25) is 11.8 Å². The Hall–Kier alpha value is -2.08. The van der Waals surface area contributed by atoms with Gasteiger partial charge in [0.05, 0.1) is 5.41 Å². The molecule has 0 radical (unpaired) electrons. The van der Waals surface area contributed by atoms with Crippen LogP contribution in [0.15, 0.2) is 22.6 Å². The largest absolute Gasteiger partial charge is 0.480 e. The average Bonchev–Trinajstić information content (AvgIpc) is 3.20. The van der Waals surface area contributed by atoms with Crippen molar-refractivity contribution < 1.29 is 13.9 Å². The third-order valence-electron chi connectivity index (χ3n) is 7.03. The molecule has 1 unspecified atom stereocenters. The molecule has 2 bridgehead atoms. The lowest BCUT2D eigenvalue weighted by molar-refractivity contribution is -0.147. The second kappa shape index (κ2) is 5.50. The number of nitrogens with zero attached hydrogens (tertiary/aromatic N) is 2. The van der Waals surface area contributed by atoms with Crippen molar-refractivity contribution in [1.29, 1.82) is 0 Å². The first-order valence-electron chi connectivity index (χ1n) is 10.0. The Morgan fingerprint density at radius 1 is 1.25 bits per heavy atom. The standard InChI is InChI=1S/C21H22ClN3O3/c1-11-4-13(5-11)18-24-25-19(28-18)20-8-21(9-20,10-20)23-17(26)16-7-12-6-14(22)2-3-15(12)27-16/h2-3,6,11,13,16H,4-5,7-10H2,1H3,(H,23,26). The van der Waals surface area contributed by atoms with Crippen LogP contribution in [0.2, 0.25) is 5.02 Å². The summed E-state index contributed by atoms with van der Waals surface area (Å²) in [6, 6.07) is 5.49. The molecule has 7 heteroatoms. The van der Waals surface area contributed by atoms with Crippen LogP contribution in [0.1, 0.15) is 62.3 Å². The normalized spacial score (nSPS) is 37.1. The summed E-state index contributed by atoms with van der Waals surface area (Å²) in [6.07, 6.45) is 5.00. The SMILES string of the molecule is CC1CC(c2nnc(C34CC(NC(=O)C5Cc6cc(Cl)ccc6O5)(C3)C4)o2)C1. The monoisotopic (exact) mass is 399 g/mol. The van der Waals surface area contributed by atoms with E-state index in [9.17, 15) is 4.79 Å². The molecule has 4 aliphatic carbocycles. The van der Waals surface area contributed by atoms with Crippen LogP contribution in [-0.2, 0) is 16.6 Å². The smallest absolute Gasteiger partial charge is 0.261 e. The lowest BCUT2D eigenvalue weighted by atomic mass is 9.39. The highest BCUT2D eigenvalue weighted by atomic mass is 35.5. The summed E-state index contributed by atoms with van der Waals surface area (Å²) in [6.45, 7) is 2.25. The van der Waals surface area contributed by atoms with Gasteiger partial charge in [0.1, 0.15) is 5.75 Å². The number of halogens is 1. The third kappa shape index (κ3) is 2.36. The van der Waals surface area contributed by atoms with Crippen LogP contribution in [-0.4, -0.2) is 27.7 Å². The lowest BCUT2D eigenvalue weighted by Crippen LogP contribution is -2.77. The molecule has 4 fully saturated rings. The third-order valence-corrected chi connectivity index (χ3v) is 7.26. The zero-order chi connectivity index (χ0) is 19.1. The average molecular weight is 400 g/mol. The fourth-order valence-electron chi connectivity index (χ4n) is 5.57. The zero-order valence-corrected chi connectivity index (χ0v) is 16.5. The van der Waals surface area contributed by atoms with Crippen LogP contribution >= 0.6 is 11.6 Å². The summed E-state index contributed by atoms with van der Waals surface area (Å²) in [5, 5.41) is 12.5. The fraction of sp³-hybridized carbons (Fsp3) is 0.571. The molecule has 146 valence electrons. The highest BCUT2D eigenvalue weighted by Crippen LogP contribution is 2.67. The van der Waals surface area contributed by atoms with Crippen molar-refractivity contribution in [1.82, 2.24) is 15.5 Å². The van der Waals surface area contributed by atoms with Gasteiger partial charge in [0.15, 0.2) is 6.10 Å². The minimum absolute atomic E-state index is 0.0269. The summed E-state index contributed by atoms with van der Waals surface area (Å²) < 4.78 is 11.8. The minimum atomic E-state index is -0.478. The molecule has 1 N–H and O–H groups in total. The van der Waals surface area contributed by atoms with Gasteiger partial charge in [-0.1, -0.05) is 18.5 Å². The van der Waals surface area contributed by atoms with Crippen molar-refractivity contribution in [3.63, 3.8) is 0 Å². The van der Waals surface area contributed by atoms with Gasteiger partial charge < -0.3 is 14.5 Å². The molecule has 1 aromatic heterocycles. The number of benzene rings is 1. The molecular weight excluding hydrogens is 378 g/mol. The van der Waals surface area contributed by atoms with Crippen LogP contribution in [0.3, 0.4) is 0 Å². The van der Waals surface area contributed by atoms with E-state index in [2.05, 4.69) is 22.4 Å². The minimum Gasteiger partial charge on any atom is -0.480 e. The summed E-state index contributed by atoms with van der Waals surface area (Å²) in [4.78, 5) is 12.7. The Kier molecular flexibility index (Phi) is 3.31. The van der Waals surface area contributed by atoms with Gasteiger partial charge in [-0.05, 0) is 61.8 Å². The Bertz CT molecular complexity index is 961. The fourth-order valence-corrected chi connectivity index (χ4v) is 5.77. The van der Waals surface area contributed by atoms with E-state index in [-0.39, 0.29) is 16.9 Å². The quantitative estimate of drug-likeness (QED) is 0.850. The van der Waals surface area contributed by atoms with Gasteiger partial charge in [-0.3, -0.25) is 4.79 Å². The maximum absolute atomic E-state index is 12.7. The number of nitrogens with one attached hydrogen (secondary N) is 1. The molecule has 5 aliphatic rings.